The largest absolute Gasteiger partial charge is 0.483 e. The predicted octanol–water partition coefficient (Wildman–Crippen LogP) is 2.24. The zero-order valence-electron chi connectivity index (χ0n) is 8.63. The molecule has 0 spiro atoms. The van der Waals surface area contributed by atoms with Crippen molar-refractivity contribution in [3.8, 4) is 5.75 Å². The van der Waals surface area contributed by atoms with E-state index in [9.17, 15) is 0 Å². The molecule has 1 fully saturated rings. The van der Waals surface area contributed by atoms with E-state index >= 15 is 0 Å². The van der Waals surface area contributed by atoms with E-state index in [1.54, 1.807) is 0 Å². The van der Waals surface area contributed by atoms with Crippen LogP contribution in [0.2, 0.25) is 0 Å². The summed E-state index contributed by atoms with van der Waals surface area (Å²) >= 11 is 0. The van der Waals surface area contributed by atoms with Gasteiger partial charge in [-0.25, -0.2) is 0 Å². The summed E-state index contributed by atoms with van der Waals surface area (Å²) in [4.78, 5) is 0. The number of benzene rings is 1. The van der Waals surface area contributed by atoms with Crippen LogP contribution in [0.5, 0.6) is 5.75 Å². The van der Waals surface area contributed by atoms with E-state index in [1.165, 1.54) is 0 Å². The molecule has 76 valence electrons. The monoisotopic (exact) mass is 192 g/mol. The van der Waals surface area contributed by atoms with Crippen LogP contribution in [-0.4, -0.2) is 12.6 Å². The second kappa shape index (κ2) is 3.08. The van der Waals surface area contributed by atoms with Gasteiger partial charge in [0.15, 0.2) is 5.75 Å². The van der Waals surface area contributed by atoms with Crippen LogP contribution in [-0.2, 0) is 0 Å². The SMILES string of the molecule is CNc1cccc(N)c1OC1(C)CC1. The van der Waals surface area contributed by atoms with Gasteiger partial charge in [-0.3, -0.25) is 0 Å². The maximum atomic E-state index is 5.88. The van der Waals surface area contributed by atoms with Crippen LogP contribution < -0.4 is 15.8 Å². The summed E-state index contributed by atoms with van der Waals surface area (Å²) in [6, 6.07) is 5.75. The molecule has 0 saturated heterocycles. The number of para-hydroxylation sites is 1. The van der Waals surface area contributed by atoms with E-state index in [0.717, 1.165) is 24.3 Å². The summed E-state index contributed by atoms with van der Waals surface area (Å²) in [5, 5.41) is 3.08. The van der Waals surface area contributed by atoms with Crippen molar-refractivity contribution in [1.29, 1.82) is 0 Å². The highest BCUT2D eigenvalue weighted by atomic mass is 16.5. The van der Waals surface area contributed by atoms with Crippen LogP contribution in [0.25, 0.3) is 0 Å². The van der Waals surface area contributed by atoms with Crippen LogP contribution in [0.4, 0.5) is 11.4 Å². The Kier molecular flexibility index (Phi) is 2.02. The first-order valence-electron chi connectivity index (χ1n) is 4.90. The molecule has 0 aliphatic heterocycles. The fraction of sp³-hybridized carbons (Fsp3) is 0.455. The molecule has 0 aromatic heterocycles. The summed E-state index contributed by atoms with van der Waals surface area (Å²) in [6.45, 7) is 2.11. The standard InChI is InChI=1S/C11H16N2O/c1-11(6-7-11)14-10-8(12)4-3-5-9(10)13-2/h3-5,13H,6-7,12H2,1-2H3. The molecular weight excluding hydrogens is 176 g/mol. The predicted molar refractivity (Wildman–Crippen MR) is 58.7 cm³/mol. The molecule has 1 aromatic rings. The third-order valence-electron chi connectivity index (χ3n) is 2.62. The number of nitrogens with one attached hydrogen (secondary N) is 1. The number of nitrogens with two attached hydrogens (primary N) is 1. The van der Waals surface area contributed by atoms with Gasteiger partial charge in [0.1, 0.15) is 5.60 Å². The Morgan fingerprint density at radius 2 is 2.14 bits per heavy atom. The Bertz CT molecular complexity index is 345. The van der Waals surface area contributed by atoms with Crippen molar-refractivity contribution >= 4 is 11.4 Å². The number of anilines is 2. The van der Waals surface area contributed by atoms with Gasteiger partial charge in [-0.15, -0.1) is 0 Å². The van der Waals surface area contributed by atoms with Gasteiger partial charge in [-0.2, -0.15) is 0 Å². The fourth-order valence-corrected chi connectivity index (χ4v) is 1.39. The van der Waals surface area contributed by atoms with Crippen LogP contribution in [0.1, 0.15) is 19.8 Å². The minimum atomic E-state index is 0.0150. The van der Waals surface area contributed by atoms with Crippen molar-refractivity contribution in [2.45, 2.75) is 25.4 Å². The molecule has 2 rings (SSSR count). The fourth-order valence-electron chi connectivity index (χ4n) is 1.39. The second-order valence-corrected chi connectivity index (χ2v) is 4.03. The maximum absolute atomic E-state index is 5.88. The van der Waals surface area contributed by atoms with Crippen molar-refractivity contribution in [3.05, 3.63) is 18.2 Å². The third kappa shape index (κ3) is 1.62. The Hall–Kier alpha value is -1.38. The average molecular weight is 192 g/mol. The minimum absolute atomic E-state index is 0.0150. The van der Waals surface area contributed by atoms with Crippen LogP contribution >= 0.6 is 0 Å². The summed E-state index contributed by atoms with van der Waals surface area (Å²) in [6.07, 6.45) is 2.23. The lowest BCUT2D eigenvalue weighted by Gasteiger charge is -2.17. The van der Waals surface area contributed by atoms with Gasteiger partial charge in [0.25, 0.3) is 0 Å². The lowest BCUT2D eigenvalue weighted by molar-refractivity contribution is 0.203. The normalized spacial score (nSPS) is 17.6. The van der Waals surface area contributed by atoms with Gasteiger partial charge in [-0.1, -0.05) is 6.07 Å². The molecule has 0 radical (unpaired) electrons. The molecule has 0 amide bonds. The first kappa shape index (κ1) is 9.19. The maximum Gasteiger partial charge on any atom is 0.166 e. The van der Waals surface area contributed by atoms with Crippen molar-refractivity contribution < 1.29 is 4.74 Å². The smallest absolute Gasteiger partial charge is 0.166 e. The highest BCUT2D eigenvalue weighted by molar-refractivity contribution is 5.69. The Morgan fingerprint density at radius 3 is 2.71 bits per heavy atom. The number of hydrogen-bond donors (Lipinski definition) is 2. The lowest BCUT2D eigenvalue weighted by Crippen LogP contribution is -2.14. The van der Waals surface area contributed by atoms with E-state index in [4.69, 9.17) is 10.5 Å². The molecule has 1 saturated carbocycles. The molecule has 1 aliphatic carbocycles. The van der Waals surface area contributed by atoms with Gasteiger partial charge < -0.3 is 15.8 Å². The zero-order valence-corrected chi connectivity index (χ0v) is 8.63. The second-order valence-electron chi connectivity index (χ2n) is 4.03. The molecule has 14 heavy (non-hydrogen) atoms. The number of rotatable bonds is 3. The Morgan fingerprint density at radius 1 is 1.43 bits per heavy atom. The molecule has 0 heterocycles. The highest BCUT2D eigenvalue weighted by Crippen LogP contribution is 2.43. The van der Waals surface area contributed by atoms with E-state index in [0.29, 0.717) is 5.69 Å². The third-order valence-corrected chi connectivity index (χ3v) is 2.62. The van der Waals surface area contributed by atoms with Crippen LogP contribution in [0.3, 0.4) is 0 Å². The van der Waals surface area contributed by atoms with Crippen molar-refractivity contribution in [2.24, 2.45) is 0 Å². The molecule has 1 aliphatic rings. The molecule has 3 N–H and O–H groups in total. The number of hydrogen-bond acceptors (Lipinski definition) is 3. The first-order chi connectivity index (χ1) is 6.64. The van der Waals surface area contributed by atoms with Crippen LogP contribution in [0, 0.1) is 0 Å². The van der Waals surface area contributed by atoms with Crippen LogP contribution in [0.15, 0.2) is 18.2 Å². The summed E-state index contributed by atoms with van der Waals surface area (Å²) in [5.74, 6) is 0.787. The number of ether oxygens (including phenoxy) is 1. The zero-order chi connectivity index (χ0) is 10.2. The van der Waals surface area contributed by atoms with Gasteiger partial charge in [0.2, 0.25) is 0 Å². The Labute approximate surface area is 84.3 Å². The van der Waals surface area contributed by atoms with E-state index in [2.05, 4.69) is 12.2 Å². The highest BCUT2D eigenvalue weighted by Gasteiger charge is 2.40. The van der Waals surface area contributed by atoms with Gasteiger partial charge in [-0.05, 0) is 31.9 Å². The van der Waals surface area contributed by atoms with Crippen molar-refractivity contribution in [2.75, 3.05) is 18.1 Å². The summed E-state index contributed by atoms with van der Waals surface area (Å²) in [5.41, 5.74) is 7.54. The van der Waals surface area contributed by atoms with E-state index < -0.39 is 0 Å². The van der Waals surface area contributed by atoms with Crippen molar-refractivity contribution in [3.63, 3.8) is 0 Å². The lowest BCUT2D eigenvalue weighted by atomic mass is 10.2. The topological polar surface area (TPSA) is 47.3 Å². The molecule has 0 bridgehead atoms. The molecule has 0 unspecified atom stereocenters. The molecule has 0 atom stereocenters. The minimum Gasteiger partial charge on any atom is -0.483 e. The van der Waals surface area contributed by atoms with Gasteiger partial charge in [0, 0.05) is 7.05 Å². The summed E-state index contributed by atoms with van der Waals surface area (Å²) < 4.78 is 5.88. The quantitative estimate of drug-likeness (QED) is 0.722. The summed E-state index contributed by atoms with van der Waals surface area (Å²) in [7, 11) is 1.87. The van der Waals surface area contributed by atoms with Crippen molar-refractivity contribution in [1.82, 2.24) is 0 Å². The van der Waals surface area contributed by atoms with E-state index in [-0.39, 0.29) is 5.60 Å². The molecule has 3 heteroatoms. The molecular formula is C11H16N2O. The average Bonchev–Trinajstić information content (AvgIpc) is 2.88. The van der Waals surface area contributed by atoms with Gasteiger partial charge >= 0.3 is 0 Å². The van der Waals surface area contributed by atoms with Gasteiger partial charge in [0.05, 0.1) is 11.4 Å². The van der Waals surface area contributed by atoms with E-state index in [1.807, 2.05) is 25.2 Å². The Balaban J connectivity index is 2.29. The molecule has 1 aromatic carbocycles. The first-order valence-corrected chi connectivity index (χ1v) is 4.90. The number of nitrogen functional groups attached to an aromatic ring is 1. The molecule has 3 nitrogen and oxygen atoms in total.